The Labute approximate surface area is 178 Å². The molecule has 0 saturated carbocycles. The van der Waals surface area contributed by atoms with E-state index in [0.29, 0.717) is 5.56 Å². The van der Waals surface area contributed by atoms with Crippen molar-refractivity contribution < 1.29 is 14.3 Å². The van der Waals surface area contributed by atoms with Crippen molar-refractivity contribution in [3.8, 4) is 0 Å². The number of alkyl halides is 1. The second kappa shape index (κ2) is 8.01. The fourth-order valence-electron chi connectivity index (χ4n) is 3.49. The first kappa shape index (κ1) is 21.1. The van der Waals surface area contributed by atoms with Crippen molar-refractivity contribution in [2.45, 2.75) is 31.4 Å². The first-order chi connectivity index (χ1) is 13.8. The highest BCUT2D eigenvalue weighted by Crippen LogP contribution is 2.48. The van der Waals surface area contributed by atoms with Crippen molar-refractivity contribution >= 4 is 28.6 Å². The molecule has 0 radical (unpaired) electrons. The van der Waals surface area contributed by atoms with Crippen molar-refractivity contribution in [1.82, 2.24) is 9.55 Å². The molecule has 1 aliphatic rings. The molecule has 1 aromatic heterocycles. The van der Waals surface area contributed by atoms with Crippen LogP contribution in [-0.2, 0) is 15.2 Å². The van der Waals surface area contributed by atoms with E-state index in [1.54, 1.807) is 44.2 Å². The topological polar surface area (TPSA) is 139 Å². The van der Waals surface area contributed by atoms with Crippen molar-refractivity contribution in [2.24, 2.45) is 11.0 Å². The van der Waals surface area contributed by atoms with Gasteiger partial charge in [-0.15, -0.1) is 0 Å². The number of aromatic amines is 1. The van der Waals surface area contributed by atoms with Gasteiger partial charge in [0.15, 0.2) is 17.6 Å². The molecule has 1 fully saturated rings. The summed E-state index contributed by atoms with van der Waals surface area (Å²) in [6.07, 6.45) is 0.274. The zero-order valence-electron chi connectivity index (χ0n) is 15.6. The van der Waals surface area contributed by atoms with E-state index in [0.717, 1.165) is 10.6 Å². The third-order valence-electron chi connectivity index (χ3n) is 5.03. The maximum absolute atomic E-state index is 12.7. The lowest BCUT2D eigenvalue weighted by molar-refractivity contribution is -0.157. The lowest BCUT2D eigenvalue weighted by Gasteiger charge is -2.32. The molecule has 29 heavy (non-hydrogen) atoms. The van der Waals surface area contributed by atoms with Crippen LogP contribution in [0.2, 0.25) is 0 Å². The molecule has 0 spiro atoms. The standard InChI is InChI=1S/C18H18IN5O5/c1-11-14(28-15(26)12-6-4-3-5-7-12)17(2,29-18(11,10-19)22-23-20)24-9-8-13(25)21-16(24)27/h3-9,11,14H,10H2,1-2H3,(H,21,25,27)/t11-,14+,17+,18+/m0/s1. The summed E-state index contributed by atoms with van der Waals surface area (Å²) in [5.74, 6) is -1.20. The van der Waals surface area contributed by atoms with Crippen LogP contribution in [0.3, 0.4) is 0 Å². The molecular weight excluding hydrogens is 493 g/mol. The van der Waals surface area contributed by atoms with Gasteiger partial charge in [-0.05, 0) is 24.6 Å². The lowest BCUT2D eigenvalue weighted by atomic mass is 9.92. The molecular formula is C18H18IN5O5. The van der Waals surface area contributed by atoms with Gasteiger partial charge < -0.3 is 9.47 Å². The monoisotopic (exact) mass is 511 g/mol. The highest BCUT2D eigenvalue weighted by molar-refractivity contribution is 14.1. The molecule has 1 aromatic carbocycles. The quantitative estimate of drug-likeness (QED) is 0.164. The van der Waals surface area contributed by atoms with E-state index < -0.39 is 40.7 Å². The van der Waals surface area contributed by atoms with E-state index in [2.05, 4.69) is 15.0 Å². The molecule has 3 rings (SSSR count). The van der Waals surface area contributed by atoms with E-state index in [4.69, 9.17) is 15.0 Å². The highest BCUT2D eigenvalue weighted by atomic mass is 127. The number of H-pyrrole nitrogens is 1. The molecule has 2 aromatic rings. The second-order valence-electron chi connectivity index (χ2n) is 6.79. The van der Waals surface area contributed by atoms with Crippen LogP contribution < -0.4 is 11.2 Å². The zero-order valence-corrected chi connectivity index (χ0v) is 17.8. The summed E-state index contributed by atoms with van der Waals surface area (Å²) < 4.78 is 13.3. The average molecular weight is 511 g/mol. The molecule has 4 atom stereocenters. The Morgan fingerprint density at radius 2 is 2.07 bits per heavy atom. The van der Waals surface area contributed by atoms with Crippen LogP contribution in [0.5, 0.6) is 0 Å². The van der Waals surface area contributed by atoms with Crippen molar-refractivity contribution in [1.29, 1.82) is 0 Å². The molecule has 0 amide bonds. The van der Waals surface area contributed by atoms with Gasteiger partial charge in [0.1, 0.15) is 0 Å². The highest BCUT2D eigenvalue weighted by Gasteiger charge is 2.61. The van der Waals surface area contributed by atoms with Crippen LogP contribution in [0, 0.1) is 5.92 Å². The second-order valence-corrected chi connectivity index (χ2v) is 7.55. The molecule has 0 unspecified atom stereocenters. The van der Waals surface area contributed by atoms with Gasteiger partial charge in [0.25, 0.3) is 5.56 Å². The largest absolute Gasteiger partial charge is 0.453 e. The third-order valence-corrected chi connectivity index (χ3v) is 6.12. The molecule has 11 heteroatoms. The van der Waals surface area contributed by atoms with Crippen molar-refractivity contribution in [2.75, 3.05) is 4.43 Å². The molecule has 0 aliphatic carbocycles. The Kier molecular flexibility index (Phi) is 5.82. The lowest BCUT2D eigenvalue weighted by Crippen LogP contribution is -2.50. The summed E-state index contributed by atoms with van der Waals surface area (Å²) in [4.78, 5) is 41.8. The van der Waals surface area contributed by atoms with Gasteiger partial charge in [0, 0.05) is 27.5 Å². The van der Waals surface area contributed by atoms with Crippen LogP contribution in [-0.4, -0.2) is 31.8 Å². The maximum Gasteiger partial charge on any atom is 0.338 e. The van der Waals surface area contributed by atoms with Crippen LogP contribution in [0.25, 0.3) is 10.4 Å². The van der Waals surface area contributed by atoms with Gasteiger partial charge in [0.2, 0.25) is 0 Å². The normalized spacial score (nSPS) is 28.5. The number of aromatic nitrogens is 2. The van der Waals surface area contributed by atoms with E-state index in [1.165, 1.54) is 6.20 Å². The molecule has 1 saturated heterocycles. The van der Waals surface area contributed by atoms with Crippen LogP contribution >= 0.6 is 22.6 Å². The summed E-state index contributed by atoms with van der Waals surface area (Å²) in [5, 5.41) is 3.83. The number of halogens is 1. The SMILES string of the molecule is C[C@H]1[C@@H](OC(=O)c2ccccc2)[C@](C)(n2ccc(=O)[nH]c2=O)O[C@@]1(CI)N=[N+]=[N-]. The minimum atomic E-state index is -1.52. The van der Waals surface area contributed by atoms with Gasteiger partial charge in [-0.25, -0.2) is 9.59 Å². The number of hydrogen-bond donors (Lipinski definition) is 1. The number of ether oxygens (including phenoxy) is 2. The van der Waals surface area contributed by atoms with Crippen LogP contribution in [0.15, 0.2) is 57.3 Å². The smallest absolute Gasteiger partial charge is 0.338 e. The zero-order chi connectivity index (χ0) is 21.2. The van der Waals surface area contributed by atoms with E-state index in [-0.39, 0.29) is 4.43 Å². The van der Waals surface area contributed by atoms with Gasteiger partial charge in [-0.2, -0.15) is 0 Å². The summed E-state index contributed by atoms with van der Waals surface area (Å²) >= 11 is 2.01. The Morgan fingerprint density at radius 3 is 2.66 bits per heavy atom. The molecule has 152 valence electrons. The van der Waals surface area contributed by atoms with E-state index in [9.17, 15) is 14.4 Å². The number of rotatable bonds is 5. The predicted octanol–water partition coefficient (Wildman–Crippen LogP) is 2.54. The summed E-state index contributed by atoms with van der Waals surface area (Å²) in [5.41, 5.74) is 5.20. The minimum Gasteiger partial charge on any atom is -0.453 e. The Balaban J connectivity index is 2.12. The Bertz CT molecular complexity index is 1080. The van der Waals surface area contributed by atoms with Crippen molar-refractivity contribution in [3.63, 3.8) is 0 Å². The predicted molar refractivity (Wildman–Crippen MR) is 112 cm³/mol. The Morgan fingerprint density at radius 1 is 1.38 bits per heavy atom. The molecule has 10 nitrogen and oxygen atoms in total. The fourth-order valence-corrected chi connectivity index (χ4v) is 4.50. The molecule has 1 aliphatic heterocycles. The number of benzene rings is 1. The number of carbonyl (C=O) groups is 1. The minimum absolute atomic E-state index is 0.253. The van der Waals surface area contributed by atoms with Gasteiger partial charge in [-0.1, -0.05) is 52.8 Å². The number of hydrogen-bond acceptors (Lipinski definition) is 6. The van der Waals surface area contributed by atoms with Gasteiger partial charge >= 0.3 is 11.7 Å². The maximum atomic E-state index is 12.7. The Hall–Kier alpha value is -2.63. The van der Waals surface area contributed by atoms with Crippen LogP contribution in [0.1, 0.15) is 24.2 Å². The van der Waals surface area contributed by atoms with E-state index in [1.807, 2.05) is 22.6 Å². The molecule has 0 bridgehead atoms. The number of carbonyl (C=O) groups excluding carboxylic acids is 1. The molecule has 2 heterocycles. The van der Waals surface area contributed by atoms with Gasteiger partial charge in [-0.3, -0.25) is 14.3 Å². The average Bonchev–Trinajstić information content (AvgIpc) is 2.91. The number of esters is 1. The van der Waals surface area contributed by atoms with Gasteiger partial charge in [0.05, 0.1) is 5.56 Å². The summed E-state index contributed by atoms with van der Waals surface area (Å²) in [7, 11) is 0. The first-order valence-corrected chi connectivity index (χ1v) is 10.2. The summed E-state index contributed by atoms with van der Waals surface area (Å²) in [6.45, 7) is 3.27. The van der Waals surface area contributed by atoms with Crippen LogP contribution in [0.4, 0.5) is 0 Å². The third kappa shape index (κ3) is 3.68. The van der Waals surface area contributed by atoms with E-state index >= 15 is 0 Å². The fraction of sp³-hybridized carbons (Fsp3) is 0.389. The molecule has 1 N–H and O–H groups in total. The first-order valence-electron chi connectivity index (χ1n) is 8.68. The van der Waals surface area contributed by atoms with Crippen molar-refractivity contribution in [3.05, 3.63) is 79.4 Å². The number of azide groups is 1. The summed E-state index contributed by atoms with van der Waals surface area (Å²) in [6, 6.07) is 9.54. The number of nitrogens with zero attached hydrogens (tertiary/aromatic N) is 4. The number of nitrogens with one attached hydrogen (secondary N) is 1.